The predicted octanol–water partition coefficient (Wildman–Crippen LogP) is 3.98. The van der Waals surface area contributed by atoms with E-state index in [0.717, 1.165) is 31.8 Å². The van der Waals surface area contributed by atoms with E-state index in [1.54, 1.807) is 0 Å². The third-order valence-corrected chi connectivity index (χ3v) is 7.96. The minimum absolute atomic E-state index is 0.121. The number of piperidine rings is 2. The molecule has 0 aromatic carbocycles. The fourth-order valence-electron chi connectivity index (χ4n) is 6.44. The van der Waals surface area contributed by atoms with Crippen molar-refractivity contribution >= 4 is 6.09 Å². The predicted molar refractivity (Wildman–Crippen MR) is 112 cm³/mol. The number of likely N-dealkylation sites (tertiary alicyclic amines) is 3. The van der Waals surface area contributed by atoms with Gasteiger partial charge in [0.05, 0.1) is 6.61 Å². The number of hydrogen-bond donors (Lipinski definition) is 0. The Kier molecular flexibility index (Phi) is 6.82. The zero-order chi connectivity index (χ0) is 19.4. The van der Waals surface area contributed by atoms with Crippen LogP contribution in [-0.2, 0) is 4.74 Å². The third-order valence-electron chi connectivity index (χ3n) is 7.96. The highest BCUT2D eigenvalue weighted by Gasteiger charge is 2.43. The van der Waals surface area contributed by atoms with Crippen molar-refractivity contribution in [1.29, 1.82) is 0 Å². The van der Waals surface area contributed by atoms with Crippen LogP contribution in [-0.4, -0.2) is 79.3 Å². The molecule has 4 aliphatic rings. The minimum atomic E-state index is -0.121. The van der Waals surface area contributed by atoms with Gasteiger partial charge in [0.15, 0.2) is 0 Å². The molecule has 1 atom stereocenters. The Bertz CT molecular complexity index is 514. The maximum Gasteiger partial charge on any atom is 0.409 e. The van der Waals surface area contributed by atoms with Crippen molar-refractivity contribution in [2.75, 3.05) is 52.4 Å². The average molecular weight is 392 g/mol. The van der Waals surface area contributed by atoms with E-state index in [1.165, 1.54) is 84.1 Å². The Morgan fingerprint density at radius 2 is 1.71 bits per heavy atom. The lowest BCUT2D eigenvalue weighted by Crippen LogP contribution is -2.49. The number of carbonyl (C=O) groups excluding carboxylic acids is 1. The van der Waals surface area contributed by atoms with Gasteiger partial charge in [0.2, 0.25) is 0 Å². The van der Waals surface area contributed by atoms with Crippen LogP contribution in [0.5, 0.6) is 0 Å². The van der Waals surface area contributed by atoms with Crippen LogP contribution < -0.4 is 0 Å². The summed E-state index contributed by atoms with van der Waals surface area (Å²) in [5.41, 5.74) is 0.547. The first kappa shape index (κ1) is 20.5. The smallest absolute Gasteiger partial charge is 0.409 e. The van der Waals surface area contributed by atoms with Crippen molar-refractivity contribution in [3.63, 3.8) is 0 Å². The molecule has 1 unspecified atom stereocenters. The summed E-state index contributed by atoms with van der Waals surface area (Å²) < 4.78 is 5.17. The number of amides is 1. The maximum absolute atomic E-state index is 12.0. The second-order valence-electron chi connectivity index (χ2n) is 9.98. The molecule has 28 heavy (non-hydrogen) atoms. The van der Waals surface area contributed by atoms with Crippen LogP contribution in [0.2, 0.25) is 0 Å². The van der Waals surface area contributed by atoms with Crippen molar-refractivity contribution in [3.8, 4) is 0 Å². The first-order valence-electron chi connectivity index (χ1n) is 12.1. The molecule has 0 aromatic rings. The van der Waals surface area contributed by atoms with E-state index in [9.17, 15) is 4.79 Å². The van der Waals surface area contributed by atoms with Gasteiger partial charge in [0.1, 0.15) is 0 Å². The van der Waals surface area contributed by atoms with Crippen LogP contribution in [0.1, 0.15) is 71.1 Å². The molecule has 0 radical (unpaired) electrons. The highest BCUT2D eigenvalue weighted by atomic mass is 16.6. The van der Waals surface area contributed by atoms with Crippen molar-refractivity contribution in [2.45, 2.75) is 77.2 Å². The second-order valence-corrected chi connectivity index (χ2v) is 9.98. The van der Waals surface area contributed by atoms with Gasteiger partial charge in [-0.15, -0.1) is 0 Å². The topological polar surface area (TPSA) is 36.0 Å². The molecular formula is C23H41N3O2. The van der Waals surface area contributed by atoms with E-state index in [0.29, 0.717) is 18.1 Å². The van der Waals surface area contributed by atoms with Crippen LogP contribution in [0.4, 0.5) is 4.79 Å². The SMILES string of the molecule is CCOC(=O)N1CCC(N2CCC3(CCCN(CC4CCCCC4)C3)C2)CC1. The zero-order valence-electron chi connectivity index (χ0n) is 18.0. The summed E-state index contributed by atoms with van der Waals surface area (Å²) in [7, 11) is 0. The molecule has 0 bridgehead atoms. The normalized spacial score (nSPS) is 31.5. The van der Waals surface area contributed by atoms with Crippen molar-refractivity contribution < 1.29 is 9.53 Å². The third kappa shape index (κ3) is 4.84. The van der Waals surface area contributed by atoms with Gasteiger partial charge < -0.3 is 14.5 Å². The largest absolute Gasteiger partial charge is 0.450 e. The Morgan fingerprint density at radius 1 is 0.929 bits per heavy atom. The molecule has 1 saturated carbocycles. The van der Waals surface area contributed by atoms with Crippen LogP contribution in [0.3, 0.4) is 0 Å². The molecule has 1 aliphatic carbocycles. The van der Waals surface area contributed by atoms with Gasteiger partial charge >= 0.3 is 6.09 Å². The summed E-state index contributed by atoms with van der Waals surface area (Å²) in [6, 6.07) is 0.666. The Labute approximate surface area is 171 Å². The Balaban J connectivity index is 1.25. The Hall–Kier alpha value is -0.810. The van der Waals surface area contributed by atoms with Gasteiger partial charge in [-0.25, -0.2) is 4.79 Å². The highest BCUT2D eigenvalue weighted by Crippen LogP contribution is 2.41. The molecule has 5 nitrogen and oxygen atoms in total. The fraction of sp³-hybridized carbons (Fsp3) is 0.957. The van der Waals surface area contributed by atoms with Crippen LogP contribution in [0.15, 0.2) is 0 Å². The lowest BCUT2D eigenvalue weighted by atomic mass is 9.78. The molecule has 4 fully saturated rings. The van der Waals surface area contributed by atoms with Crippen molar-refractivity contribution in [1.82, 2.24) is 14.7 Å². The molecule has 0 N–H and O–H groups in total. The highest BCUT2D eigenvalue weighted by molar-refractivity contribution is 5.67. The van der Waals surface area contributed by atoms with Crippen molar-refractivity contribution in [2.24, 2.45) is 11.3 Å². The second kappa shape index (κ2) is 9.34. The summed E-state index contributed by atoms with van der Waals surface area (Å²) in [6.45, 7) is 10.7. The molecule has 0 aromatic heterocycles. The number of rotatable bonds is 4. The summed E-state index contributed by atoms with van der Waals surface area (Å²) in [6.07, 6.45) is 13.6. The zero-order valence-corrected chi connectivity index (χ0v) is 18.0. The van der Waals surface area contributed by atoms with E-state index in [4.69, 9.17) is 4.74 Å². The lowest BCUT2D eigenvalue weighted by molar-refractivity contribution is 0.0568. The molecule has 4 rings (SSSR count). The minimum Gasteiger partial charge on any atom is -0.450 e. The van der Waals surface area contributed by atoms with Gasteiger partial charge in [-0.3, -0.25) is 4.90 Å². The first-order chi connectivity index (χ1) is 13.7. The summed E-state index contributed by atoms with van der Waals surface area (Å²) in [5, 5.41) is 0. The van der Waals surface area contributed by atoms with Gasteiger partial charge in [-0.2, -0.15) is 0 Å². The first-order valence-corrected chi connectivity index (χ1v) is 12.1. The number of carbonyl (C=O) groups is 1. The molecule has 3 aliphatic heterocycles. The van der Waals surface area contributed by atoms with Crippen LogP contribution in [0, 0.1) is 11.3 Å². The van der Waals surface area contributed by atoms with E-state index < -0.39 is 0 Å². The number of nitrogens with zero attached hydrogens (tertiary/aromatic N) is 3. The summed E-state index contributed by atoms with van der Waals surface area (Å²) >= 11 is 0. The lowest BCUT2D eigenvalue weighted by Gasteiger charge is -2.43. The molecule has 5 heteroatoms. The summed E-state index contributed by atoms with van der Waals surface area (Å²) in [4.78, 5) is 19.4. The van der Waals surface area contributed by atoms with Gasteiger partial charge in [-0.05, 0) is 76.3 Å². The molecule has 3 saturated heterocycles. The molecule has 1 amide bonds. The standard InChI is InChI=1S/C23H41N3O2/c1-2-28-22(27)25-14-9-21(10-15-25)26-16-12-23(19-26)11-6-13-24(18-23)17-20-7-4-3-5-8-20/h20-21H,2-19H2,1H3. The number of ether oxygens (including phenoxy) is 1. The number of hydrogen-bond acceptors (Lipinski definition) is 4. The van der Waals surface area contributed by atoms with E-state index in [-0.39, 0.29) is 6.09 Å². The molecule has 3 heterocycles. The molecule has 160 valence electrons. The van der Waals surface area contributed by atoms with E-state index >= 15 is 0 Å². The van der Waals surface area contributed by atoms with Crippen molar-refractivity contribution in [3.05, 3.63) is 0 Å². The molecule has 1 spiro atoms. The van der Waals surface area contributed by atoms with Crippen LogP contribution in [0.25, 0.3) is 0 Å². The van der Waals surface area contributed by atoms with Gasteiger partial charge in [0.25, 0.3) is 0 Å². The van der Waals surface area contributed by atoms with Gasteiger partial charge in [0, 0.05) is 38.8 Å². The molecular weight excluding hydrogens is 350 g/mol. The van der Waals surface area contributed by atoms with Crippen LogP contribution >= 0.6 is 0 Å². The Morgan fingerprint density at radius 3 is 2.46 bits per heavy atom. The summed E-state index contributed by atoms with van der Waals surface area (Å²) in [5.74, 6) is 0.966. The fourth-order valence-corrected chi connectivity index (χ4v) is 6.44. The van der Waals surface area contributed by atoms with E-state index in [2.05, 4.69) is 9.80 Å². The maximum atomic E-state index is 12.0. The quantitative estimate of drug-likeness (QED) is 0.726. The monoisotopic (exact) mass is 391 g/mol. The average Bonchev–Trinajstić information content (AvgIpc) is 3.12. The van der Waals surface area contributed by atoms with Gasteiger partial charge in [-0.1, -0.05) is 19.3 Å². The van der Waals surface area contributed by atoms with E-state index in [1.807, 2.05) is 11.8 Å².